The van der Waals surface area contributed by atoms with E-state index in [4.69, 9.17) is 18.9 Å². The molecule has 0 radical (unpaired) electrons. The van der Waals surface area contributed by atoms with Gasteiger partial charge in [0.05, 0.1) is 12.2 Å². The molecule has 0 bridgehead atoms. The molecule has 1 heterocycles. The Morgan fingerprint density at radius 1 is 0.865 bits per heavy atom. The molecule has 0 unspecified atom stereocenters. The number of amides is 1. The zero-order valence-electron chi connectivity index (χ0n) is 20.6. The standard InChI is InChI=1S/C28H29NO7S/c1-2-33-28(32)26-22-10-6-7-11-23(22)37-27(26)29-24(30)17-36-25(31)18-35-21-14-12-20(13-15-21)34-16-19-8-4-3-5-9-19/h3-5,8-9,12-15H,2,6-7,10-11,16-18H2,1H3,(H,29,30). The number of carbonyl (C=O) groups is 3. The van der Waals surface area contributed by atoms with Gasteiger partial charge in [-0.3, -0.25) is 4.79 Å². The van der Waals surface area contributed by atoms with E-state index in [1.165, 1.54) is 11.3 Å². The molecular formula is C28H29NO7S. The molecule has 0 aliphatic heterocycles. The molecule has 1 N–H and O–H groups in total. The summed E-state index contributed by atoms with van der Waals surface area (Å²) >= 11 is 1.38. The predicted octanol–water partition coefficient (Wildman–Crippen LogP) is 4.94. The molecule has 0 spiro atoms. The summed E-state index contributed by atoms with van der Waals surface area (Å²) in [4.78, 5) is 38.1. The number of nitrogens with one attached hydrogen (secondary N) is 1. The highest BCUT2D eigenvalue weighted by molar-refractivity contribution is 7.17. The van der Waals surface area contributed by atoms with Crippen LogP contribution in [0.5, 0.6) is 11.5 Å². The van der Waals surface area contributed by atoms with Gasteiger partial charge >= 0.3 is 11.9 Å². The first kappa shape index (κ1) is 26.2. The van der Waals surface area contributed by atoms with Crippen molar-refractivity contribution in [3.8, 4) is 11.5 Å². The number of hydrogen-bond donors (Lipinski definition) is 1. The second kappa shape index (κ2) is 12.9. The van der Waals surface area contributed by atoms with E-state index in [9.17, 15) is 14.4 Å². The molecule has 0 saturated carbocycles. The van der Waals surface area contributed by atoms with Crippen LogP contribution in [0.15, 0.2) is 54.6 Å². The normalized spacial score (nSPS) is 12.2. The average Bonchev–Trinajstić information content (AvgIpc) is 3.28. The van der Waals surface area contributed by atoms with Crippen LogP contribution in [0.3, 0.4) is 0 Å². The predicted molar refractivity (Wildman–Crippen MR) is 139 cm³/mol. The summed E-state index contributed by atoms with van der Waals surface area (Å²) in [6.07, 6.45) is 3.69. The van der Waals surface area contributed by atoms with Crippen LogP contribution in [0.1, 0.15) is 46.1 Å². The zero-order valence-corrected chi connectivity index (χ0v) is 21.4. The van der Waals surface area contributed by atoms with Gasteiger partial charge in [-0.25, -0.2) is 9.59 Å². The molecule has 3 aromatic rings. The van der Waals surface area contributed by atoms with Gasteiger partial charge in [0.1, 0.15) is 23.1 Å². The Balaban J connectivity index is 1.23. The largest absolute Gasteiger partial charge is 0.489 e. The lowest BCUT2D eigenvalue weighted by Gasteiger charge is -2.12. The van der Waals surface area contributed by atoms with Crippen molar-refractivity contribution in [2.45, 2.75) is 39.2 Å². The van der Waals surface area contributed by atoms with E-state index in [0.717, 1.165) is 41.7 Å². The van der Waals surface area contributed by atoms with Gasteiger partial charge < -0.3 is 24.3 Å². The topological polar surface area (TPSA) is 100 Å². The third-order valence-corrected chi connectivity index (χ3v) is 6.90. The summed E-state index contributed by atoms with van der Waals surface area (Å²) in [6.45, 7) is 1.60. The second-order valence-corrected chi connectivity index (χ2v) is 9.48. The Morgan fingerprint density at radius 3 is 2.30 bits per heavy atom. The van der Waals surface area contributed by atoms with Gasteiger partial charge in [0.25, 0.3) is 5.91 Å². The molecular weight excluding hydrogens is 494 g/mol. The van der Waals surface area contributed by atoms with Crippen LogP contribution in [0.4, 0.5) is 5.00 Å². The molecule has 2 aromatic carbocycles. The van der Waals surface area contributed by atoms with Crippen LogP contribution in [0.25, 0.3) is 0 Å². The van der Waals surface area contributed by atoms with E-state index < -0.39 is 24.5 Å². The molecule has 1 aromatic heterocycles. The minimum absolute atomic E-state index is 0.248. The smallest absolute Gasteiger partial charge is 0.344 e. The highest BCUT2D eigenvalue weighted by Gasteiger charge is 2.27. The van der Waals surface area contributed by atoms with Gasteiger partial charge in [0.2, 0.25) is 0 Å². The Labute approximate surface area is 219 Å². The van der Waals surface area contributed by atoms with Crippen molar-refractivity contribution < 1.29 is 33.3 Å². The molecule has 4 rings (SSSR count). The molecule has 0 fully saturated rings. The molecule has 1 aliphatic rings. The fourth-order valence-corrected chi connectivity index (χ4v) is 5.23. The second-order valence-electron chi connectivity index (χ2n) is 8.38. The third kappa shape index (κ3) is 7.33. The number of hydrogen-bond acceptors (Lipinski definition) is 8. The highest BCUT2D eigenvalue weighted by Crippen LogP contribution is 2.38. The van der Waals surface area contributed by atoms with Crippen molar-refractivity contribution >= 4 is 34.2 Å². The fourth-order valence-electron chi connectivity index (χ4n) is 3.94. The number of esters is 2. The highest BCUT2D eigenvalue weighted by atomic mass is 32.1. The molecule has 1 aliphatic carbocycles. The maximum atomic E-state index is 12.5. The van der Waals surface area contributed by atoms with Gasteiger partial charge in [-0.1, -0.05) is 30.3 Å². The number of thiophene rings is 1. The minimum atomic E-state index is -0.685. The summed E-state index contributed by atoms with van der Waals surface area (Å²) in [6, 6.07) is 16.7. The van der Waals surface area contributed by atoms with Crippen molar-refractivity contribution in [1.82, 2.24) is 0 Å². The molecule has 1 amide bonds. The molecule has 0 atom stereocenters. The van der Waals surface area contributed by atoms with Crippen molar-refractivity contribution in [2.75, 3.05) is 25.1 Å². The van der Waals surface area contributed by atoms with Crippen LogP contribution in [0.2, 0.25) is 0 Å². The first-order chi connectivity index (χ1) is 18.0. The number of fused-ring (bicyclic) bond motifs is 1. The van der Waals surface area contributed by atoms with Gasteiger partial charge in [-0.2, -0.15) is 0 Å². The van der Waals surface area contributed by atoms with Crippen LogP contribution in [-0.2, 0) is 38.5 Å². The molecule has 194 valence electrons. The first-order valence-electron chi connectivity index (χ1n) is 12.2. The number of carbonyl (C=O) groups excluding carboxylic acids is 3. The summed E-state index contributed by atoms with van der Waals surface area (Å²) in [5, 5.41) is 3.15. The van der Waals surface area contributed by atoms with E-state index in [0.29, 0.717) is 28.7 Å². The zero-order chi connectivity index (χ0) is 26.0. The van der Waals surface area contributed by atoms with Crippen LogP contribution in [-0.4, -0.2) is 37.7 Å². The van der Waals surface area contributed by atoms with Crippen molar-refractivity contribution in [3.63, 3.8) is 0 Å². The van der Waals surface area contributed by atoms with Gasteiger partial charge in [-0.05, 0) is 68.0 Å². The Kier molecular flexibility index (Phi) is 9.15. The first-order valence-corrected chi connectivity index (χ1v) is 13.0. The Bertz CT molecular complexity index is 1220. The molecule has 0 saturated heterocycles. The van der Waals surface area contributed by atoms with Crippen molar-refractivity contribution in [2.24, 2.45) is 0 Å². The van der Waals surface area contributed by atoms with Gasteiger partial charge in [-0.15, -0.1) is 11.3 Å². The van der Waals surface area contributed by atoms with E-state index in [1.807, 2.05) is 30.3 Å². The Hall–Kier alpha value is -3.85. The van der Waals surface area contributed by atoms with Crippen molar-refractivity contribution in [1.29, 1.82) is 0 Å². The van der Waals surface area contributed by atoms with Crippen molar-refractivity contribution in [3.05, 3.63) is 76.2 Å². The summed E-state index contributed by atoms with van der Waals surface area (Å²) in [5.41, 5.74) is 2.43. The quantitative estimate of drug-likeness (QED) is 0.355. The number of rotatable bonds is 11. The van der Waals surface area contributed by atoms with E-state index >= 15 is 0 Å². The fraction of sp³-hybridized carbons (Fsp3) is 0.321. The maximum Gasteiger partial charge on any atom is 0.344 e. The van der Waals surface area contributed by atoms with E-state index in [1.54, 1.807) is 31.2 Å². The summed E-state index contributed by atoms with van der Waals surface area (Å²) < 4.78 is 21.4. The summed E-state index contributed by atoms with van der Waals surface area (Å²) in [5.74, 6) is -0.517. The SMILES string of the molecule is CCOC(=O)c1c(NC(=O)COC(=O)COc2ccc(OCc3ccccc3)cc2)sc2c1CCCC2. The van der Waals surface area contributed by atoms with Gasteiger partial charge in [0, 0.05) is 4.88 Å². The van der Waals surface area contributed by atoms with Crippen LogP contribution < -0.4 is 14.8 Å². The van der Waals surface area contributed by atoms with Gasteiger partial charge in [0.15, 0.2) is 13.2 Å². The third-order valence-electron chi connectivity index (χ3n) is 5.70. The average molecular weight is 524 g/mol. The lowest BCUT2D eigenvalue weighted by molar-refractivity contribution is -0.149. The minimum Gasteiger partial charge on any atom is -0.489 e. The van der Waals surface area contributed by atoms with Crippen LogP contribution >= 0.6 is 11.3 Å². The molecule has 8 nitrogen and oxygen atoms in total. The monoisotopic (exact) mass is 523 g/mol. The summed E-state index contributed by atoms with van der Waals surface area (Å²) in [7, 11) is 0. The van der Waals surface area contributed by atoms with Crippen LogP contribution in [0, 0.1) is 0 Å². The number of aryl methyl sites for hydroxylation is 1. The molecule has 9 heteroatoms. The lowest BCUT2D eigenvalue weighted by Crippen LogP contribution is -2.24. The number of ether oxygens (including phenoxy) is 4. The molecule has 37 heavy (non-hydrogen) atoms. The number of benzene rings is 2. The van der Waals surface area contributed by atoms with E-state index in [-0.39, 0.29) is 13.2 Å². The lowest BCUT2D eigenvalue weighted by atomic mass is 9.95. The van der Waals surface area contributed by atoms with E-state index in [2.05, 4.69) is 5.32 Å². The maximum absolute atomic E-state index is 12.5. The Morgan fingerprint density at radius 2 is 1.57 bits per heavy atom. The number of anilines is 1.